The Morgan fingerprint density at radius 2 is 2.05 bits per heavy atom. The molecule has 0 atom stereocenters. The lowest BCUT2D eigenvalue weighted by atomic mass is 10.1. The van der Waals surface area contributed by atoms with Gasteiger partial charge in [-0.05, 0) is 43.3 Å². The molecule has 2 aromatic heterocycles. The van der Waals surface area contributed by atoms with Crippen LogP contribution in [0.2, 0.25) is 0 Å². The number of ether oxygens (including phenoxy) is 1. The average Bonchev–Trinajstić information content (AvgIpc) is 2.51. The summed E-state index contributed by atoms with van der Waals surface area (Å²) in [4.78, 5) is 8.57. The highest BCUT2D eigenvalue weighted by atomic mass is 16.5. The van der Waals surface area contributed by atoms with Crippen molar-refractivity contribution in [1.29, 1.82) is 5.26 Å². The highest BCUT2D eigenvalue weighted by Gasteiger charge is 2.11. The van der Waals surface area contributed by atoms with Crippen molar-refractivity contribution < 1.29 is 4.74 Å². The summed E-state index contributed by atoms with van der Waals surface area (Å²) >= 11 is 0. The molecule has 0 aliphatic carbocycles. The fraction of sp³-hybridized carbons (Fsp3) is 0.0625. The number of rotatable bonds is 2. The number of nitrogens with zero attached hydrogens (tertiary/aromatic N) is 3. The number of hydrogen-bond donors (Lipinski definition) is 1. The van der Waals surface area contributed by atoms with Gasteiger partial charge in [-0.3, -0.25) is 4.98 Å². The van der Waals surface area contributed by atoms with Crippen LogP contribution < -0.4 is 10.5 Å². The number of nitrogen functional groups attached to an aromatic ring is 1. The summed E-state index contributed by atoms with van der Waals surface area (Å²) in [5, 5.41) is 9.95. The van der Waals surface area contributed by atoms with Crippen LogP contribution in [0.25, 0.3) is 10.9 Å². The summed E-state index contributed by atoms with van der Waals surface area (Å²) in [6.07, 6.45) is 1.67. The van der Waals surface area contributed by atoms with E-state index in [0.29, 0.717) is 22.5 Å². The van der Waals surface area contributed by atoms with E-state index in [4.69, 9.17) is 15.7 Å². The van der Waals surface area contributed by atoms with Gasteiger partial charge >= 0.3 is 0 Å². The zero-order valence-electron chi connectivity index (χ0n) is 11.4. The van der Waals surface area contributed by atoms with Crippen LogP contribution in [0.15, 0.2) is 42.6 Å². The van der Waals surface area contributed by atoms with E-state index in [9.17, 15) is 0 Å². The predicted octanol–water partition coefficient (Wildman–Crippen LogP) is 3.18. The molecule has 5 nitrogen and oxygen atoms in total. The number of nitrogens with two attached hydrogens (primary N) is 1. The number of anilines is 1. The zero-order chi connectivity index (χ0) is 14.8. The fourth-order valence-electron chi connectivity index (χ4n) is 2.05. The minimum absolute atomic E-state index is 0.272. The molecule has 0 bridgehead atoms. The van der Waals surface area contributed by atoms with E-state index in [0.717, 1.165) is 11.1 Å². The Bertz CT molecular complexity index is 868. The van der Waals surface area contributed by atoms with Gasteiger partial charge in [-0.2, -0.15) is 5.26 Å². The maximum atomic E-state index is 9.14. The normalized spacial score (nSPS) is 10.3. The molecule has 3 rings (SSSR count). The summed E-state index contributed by atoms with van der Waals surface area (Å²) in [5.41, 5.74) is 8.36. The lowest BCUT2D eigenvalue weighted by Crippen LogP contribution is -1.96. The fourth-order valence-corrected chi connectivity index (χ4v) is 2.05. The van der Waals surface area contributed by atoms with Crippen molar-refractivity contribution in [3.05, 3.63) is 53.9 Å². The molecular formula is C16H12N4O. The molecule has 5 heteroatoms. The molecule has 1 aromatic carbocycles. The molecule has 2 N–H and O–H groups in total. The molecule has 0 unspecified atom stereocenters. The van der Waals surface area contributed by atoms with Crippen molar-refractivity contribution in [3.63, 3.8) is 0 Å². The van der Waals surface area contributed by atoms with E-state index in [-0.39, 0.29) is 5.88 Å². The van der Waals surface area contributed by atoms with E-state index in [1.807, 2.05) is 19.1 Å². The van der Waals surface area contributed by atoms with Crippen molar-refractivity contribution >= 4 is 16.6 Å². The maximum absolute atomic E-state index is 9.14. The van der Waals surface area contributed by atoms with Gasteiger partial charge in [0.05, 0.1) is 0 Å². The van der Waals surface area contributed by atoms with Gasteiger partial charge in [0.2, 0.25) is 5.88 Å². The van der Waals surface area contributed by atoms with Gasteiger partial charge in [0.25, 0.3) is 0 Å². The zero-order valence-corrected chi connectivity index (χ0v) is 11.4. The summed E-state index contributed by atoms with van der Waals surface area (Å²) in [6, 6.07) is 12.7. The molecule has 0 radical (unpaired) electrons. The smallest absolute Gasteiger partial charge is 0.237 e. The largest absolute Gasteiger partial charge is 0.435 e. The van der Waals surface area contributed by atoms with Crippen LogP contribution in [-0.4, -0.2) is 9.97 Å². The molecule has 102 valence electrons. The molecule has 0 amide bonds. The minimum Gasteiger partial charge on any atom is -0.435 e. The second-order valence-electron chi connectivity index (χ2n) is 4.57. The Balaban J connectivity index is 2.13. The van der Waals surface area contributed by atoms with Crippen molar-refractivity contribution in [3.8, 4) is 17.7 Å². The van der Waals surface area contributed by atoms with Crippen LogP contribution in [0.4, 0.5) is 5.69 Å². The number of aryl methyl sites for hydroxylation is 1. The van der Waals surface area contributed by atoms with Crippen LogP contribution in [-0.2, 0) is 0 Å². The molecule has 21 heavy (non-hydrogen) atoms. The molecule has 0 saturated heterocycles. The third kappa shape index (κ3) is 2.35. The lowest BCUT2D eigenvalue weighted by Gasteiger charge is -2.10. The first-order chi connectivity index (χ1) is 10.2. The van der Waals surface area contributed by atoms with Crippen molar-refractivity contribution in [1.82, 2.24) is 9.97 Å². The molecule has 0 saturated carbocycles. The number of hydrogen-bond acceptors (Lipinski definition) is 5. The first-order valence-corrected chi connectivity index (χ1v) is 6.38. The van der Waals surface area contributed by atoms with E-state index in [2.05, 4.69) is 16.0 Å². The molecular weight excluding hydrogens is 264 g/mol. The van der Waals surface area contributed by atoms with Gasteiger partial charge in [0, 0.05) is 23.0 Å². The highest BCUT2D eigenvalue weighted by molar-refractivity contribution is 5.94. The minimum atomic E-state index is 0.272. The predicted molar refractivity (Wildman–Crippen MR) is 79.9 cm³/mol. The van der Waals surface area contributed by atoms with Gasteiger partial charge in [0.15, 0.2) is 5.75 Å². The van der Waals surface area contributed by atoms with Gasteiger partial charge in [0.1, 0.15) is 17.1 Å². The molecule has 2 heterocycles. The summed E-state index contributed by atoms with van der Waals surface area (Å²) in [7, 11) is 0. The van der Waals surface area contributed by atoms with E-state index >= 15 is 0 Å². The van der Waals surface area contributed by atoms with Crippen LogP contribution in [0.5, 0.6) is 11.6 Å². The standard InChI is InChI=1S/C16H12N4O/c1-10-4-5-11(9-17)16(20-10)21-14-7-6-13(18)12-3-2-8-19-15(12)14/h2-8H,18H2,1H3. The Morgan fingerprint density at radius 3 is 2.86 bits per heavy atom. The average molecular weight is 276 g/mol. The second-order valence-corrected chi connectivity index (χ2v) is 4.57. The van der Waals surface area contributed by atoms with Crippen molar-refractivity contribution in [2.45, 2.75) is 6.92 Å². The molecule has 0 aliphatic heterocycles. The van der Waals surface area contributed by atoms with Crippen molar-refractivity contribution in [2.24, 2.45) is 0 Å². The molecule has 0 spiro atoms. The topological polar surface area (TPSA) is 84.8 Å². The van der Waals surface area contributed by atoms with Crippen LogP contribution in [0.1, 0.15) is 11.3 Å². The Morgan fingerprint density at radius 1 is 1.19 bits per heavy atom. The number of nitriles is 1. The van der Waals surface area contributed by atoms with E-state index in [1.54, 1.807) is 30.5 Å². The Labute approximate surface area is 121 Å². The Kier molecular flexibility index (Phi) is 3.13. The van der Waals surface area contributed by atoms with Gasteiger partial charge in [-0.1, -0.05) is 0 Å². The Hall–Kier alpha value is -3.13. The SMILES string of the molecule is Cc1ccc(C#N)c(Oc2ccc(N)c3cccnc23)n1. The van der Waals surface area contributed by atoms with Crippen molar-refractivity contribution in [2.75, 3.05) is 5.73 Å². The molecule has 3 aromatic rings. The molecule has 0 aliphatic rings. The third-order valence-corrected chi connectivity index (χ3v) is 3.09. The number of benzene rings is 1. The lowest BCUT2D eigenvalue weighted by molar-refractivity contribution is 0.464. The summed E-state index contributed by atoms with van der Waals surface area (Å²) in [6.45, 7) is 1.84. The van der Waals surface area contributed by atoms with Gasteiger partial charge < -0.3 is 10.5 Å². The number of aromatic nitrogens is 2. The number of fused-ring (bicyclic) bond motifs is 1. The summed E-state index contributed by atoms with van der Waals surface area (Å²) < 4.78 is 5.80. The summed E-state index contributed by atoms with van der Waals surface area (Å²) in [5.74, 6) is 0.795. The monoisotopic (exact) mass is 276 g/mol. The second kappa shape index (κ2) is 5.10. The van der Waals surface area contributed by atoms with E-state index < -0.39 is 0 Å². The van der Waals surface area contributed by atoms with Crippen LogP contribution in [0.3, 0.4) is 0 Å². The first-order valence-electron chi connectivity index (χ1n) is 6.38. The molecule has 0 fully saturated rings. The van der Waals surface area contributed by atoms with Crippen LogP contribution >= 0.6 is 0 Å². The van der Waals surface area contributed by atoms with E-state index in [1.165, 1.54) is 0 Å². The third-order valence-electron chi connectivity index (χ3n) is 3.09. The highest BCUT2D eigenvalue weighted by Crippen LogP contribution is 2.32. The van der Waals surface area contributed by atoms with Gasteiger partial charge in [-0.15, -0.1) is 0 Å². The number of pyridine rings is 2. The first kappa shape index (κ1) is 12.9. The van der Waals surface area contributed by atoms with Crippen LogP contribution in [0, 0.1) is 18.3 Å². The maximum Gasteiger partial charge on any atom is 0.237 e. The quantitative estimate of drug-likeness (QED) is 0.726. The van der Waals surface area contributed by atoms with Gasteiger partial charge in [-0.25, -0.2) is 4.98 Å².